The lowest BCUT2D eigenvalue weighted by Gasteiger charge is -2.31. The Kier molecular flexibility index (Phi) is 5.55. The largest absolute Gasteiger partial charge is 0.389 e. The van der Waals surface area contributed by atoms with Gasteiger partial charge < -0.3 is 15.7 Å². The summed E-state index contributed by atoms with van der Waals surface area (Å²) in [5.74, 6) is -0.373. The molecule has 1 aromatic carbocycles. The molecule has 3 N–H and O–H groups in total. The highest BCUT2D eigenvalue weighted by atomic mass is 16.3. The topological polar surface area (TPSA) is 78.4 Å². The Hall–Kier alpha value is -1.88. The third-order valence-corrected chi connectivity index (χ3v) is 4.02. The third kappa shape index (κ3) is 4.56. The highest BCUT2D eigenvalue weighted by Crippen LogP contribution is 2.31. The Morgan fingerprint density at radius 1 is 1.23 bits per heavy atom. The zero-order valence-corrected chi connectivity index (χ0v) is 13.0. The zero-order chi connectivity index (χ0) is 16.0. The normalized spacial score (nSPS) is 16.8. The molecule has 0 radical (unpaired) electrons. The first-order chi connectivity index (χ1) is 10.5. The van der Waals surface area contributed by atoms with E-state index in [1.807, 2.05) is 6.92 Å². The summed E-state index contributed by atoms with van der Waals surface area (Å²) >= 11 is 0. The molecule has 1 saturated carbocycles. The highest BCUT2D eigenvalue weighted by molar-refractivity contribution is 5.97. The van der Waals surface area contributed by atoms with Crippen LogP contribution in [0.25, 0.3) is 0 Å². The van der Waals surface area contributed by atoms with Gasteiger partial charge >= 0.3 is 0 Å². The van der Waals surface area contributed by atoms with Gasteiger partial charge in [-0.1, -0.05) is 25.3 Å². The summed E-state index contributed by atoms with van der Waals surface area (Å²) in [5, 5.41) is 15.9. The minimum absolute atomic E-state index is 0.110. The first-order valence-corrected chi connectivity index (χ1v) is 7.93. The van der Waals surface area contributed by atoms with Gasteiger partial charge in [0.2, 0.25) is 5.91 Å². The van der Waals surface area contributed by atoms with E-state index in [1.54, 1.807) is 24.3 Å². The van der Waals surface area contributed by atoms with Crippen LogP contribution in [0.15, 0.2) is 24.3 Å². The van der Waals surface area contributed by atoms with Crippen LogP contribution in [0.3, 0.4) is 0 Å². The lowest BCUT2D eigenvalue weighted by Crippen LogP contribution is -2.35. The van der Waals surface area contributed by atoms with Crippen molar-refractivity contribution in [3.63, 3.8) is 0 Å². The Morgan fingerprint density at radius 3 is 2.64 bits per heavy atom. The summed E-state index contributed by atoms with van der Waals surface area (Å²) in [6.07, 6.45) is 4.53. The summed E-state index contributed by atoms with van der Waals surface area (Å²) in [5.41, 5.74) is 0.212. The van der Waals surface area contributed by atoms with Crippen LogP contribution in [0.1, 0.15) is 55.8 Å². The summed E-state index contributed by atoms with van der Waals surface area (Å²) in [7, 11) is 0. The highest BCUT2D eigenvalue weighted by Gasteiger charge is 2.31. The lowest BCUT2D eigenvalue weighted by molar-refractivity contribution is -0.122. The Labute approximate surface area is 131 Å². The Bertz CT molecular complexity index is 536. The summed E-state index contributed by atoms with van der Waals surface area (Å²) in [6.45, 7) is 2.41. The van der Waals surface area contributed by atoms with Gasteiger partial charge in [-0.2, -0.15) is 0 Å². The van der Waals surface area contributed by atoms with E-state index in [4.69, 9.17) is 0 Å². The van der Waals surface area contributed by atoms with Gasteiger partial charge in [0.1, 0.15) is 0 Å². The molecule has 0 saturated heterocycles. The number of carbonyl (C=O) groups is 2. The van der Waals surface area contributed by atoms with Crippen molar-refractivity contribution in [2.45, 2.75) is 51.0 Å². The second kappa shape index (κ2) is 7.40. The molecule has 1 aliphatic rings. The van der Waals surface area contributed by atoms with Crippen molar-refractivity contribution in [2.24, 2.45) is 0 Å². The van der Waals surface area contributed by atoms with Crippen LogP contribution in [-0.2, 0) is 4.79 Å². The summed E-state index contributed by atoms with van der Waals surface area (Å²) in [4.78, 5) is 23.9. The molecule has 120 valence electrons. The zero-order valence-electron chi connectivity index (χ0n) is 13.0. The van der Waals surface area contributed by atoms with Crippen LogP contribution in [0, 0.1) is 0 Å². The molecule has 0 spiro atoms. The van der Waals surface area contributed by atoms with Crippen LogP contribution in [0.5, 0.6) is 0 Å². The maximum atomic E-state index is 12.1. The van der Waals surface area contributed by atoms with Gasteiger partial charge in [0.15, 0.2) is 0 Å². The van der Waals surface area contributed by atoms with Crippen molar-refractivity contribution in [1.82, 2.24) is 5.32 Å². The maximum absolute atomic E-state index is 12.1. The van der Waals surface area contributed by atoms with Crippen molar-refractivity contribution in [3.05, 3.63) is 29.8 Å². The molecule has 5 heteroatoms. The first-order valence-electron chi connectivity index (χ1n) is 7.93. The van der Waals surface area contributed by atoms with Crippen LogP contribution in [0.2, 0.25) is 0 Å². The van der Waals surface area contributed by atoms with Gasteiger partial charge in [-0.25, -0.2) is 0 Å². The van der Waals surface area contributed by atoms with Gasteiger partial charge in [-0.15, -0.1) is 0 Å². The number of rotatable bonds is 5. The predicted molar refractivity (Wildman–Crippen MR) is 85.7 cm³/mol. The van der Waals surface area contributed by atoms with Crippen molar-refractivity contribution >= 4 is 17.5 Å². The predicted octanol–water partition coefficient (Wildman–Crippen LogP) is 2.46. The molecule has 22 heavy (non-hydrogen) atoms. The van der Waals surface area contributed by atoms with Crippen molar-refractivity contribution in [2.75, 3.05) is 11.9 Å². The average Bonchev–Trinajstić information content (AvgIpc) is 2.47. The number of anilines is 1. The molecule has 1 aliphatic carbocycles. The third-order valence-electron chi connectivity index (χ3n) is 4.02. The minimum atomic E-state index is -0.875. The number of nitrogens with one attached hydrogen (secondary N) is 2. The number of hydrogen-bond donors (Lipinski definition) is 3. The second-order valence-electron chi connectivity index (χ2n) is 5.95. The molecule has 0 unspecified atom stereocenters. The molecule has 2 rings (SSSR count). The van der Waals surface area contributed by atoms with Crippen molar-refractivity contribution in [3.8, 4) is 0 Å². The molecule has 5 nitrogen and oxygen atoms in total. The second-order valence-corrected chi connectivity index (χ2v) is 5.95. The number of hydrogen-bond acceptors (Lipinski definition) is 3. The van der Waals surface area contributed by atoms with E-state index in [1.165, 1.54) is 0 Å². The van der Waals surface area contributed by atoms with Gasteiger partial charge in [0.05, 0.1) is 12.0 Å². The molecule has 0 atom stereocenters. The Morgan fingerprint density at radius 2 is 1.95 bits per heavy atom. The fourth-order valence-electron chi connectivity index (χ4n) is 2.89. The SMILES string of the molecule is CCNC(=O)c1cccc(NC(=O)CC2(O)CCCCC2)c1. The van der Waals surface area contributed by atoms with Crippen molar-refractivity contribution in [1.29, 1.82) is 0 Å². The summed E-state index contributed by atoms with van der Waals surface area (Å²) in [6, 6.07) is 6.82. The van der Waals surface area contributed by atoms with E-state index >= 15 is 0 Å². The van der Waals surface area contributed by atoms with E-state index < -0.39 is 5.60 Å². The van der Waals surface area contributed by atoms with Crippen LogP contribution >= 0.6 is 0 Å². The van der Waals surface area contributed by atoms with Crippen LogP contribution < -0.4 is 10.6 Å². The molecule has 2 amide bonds. The molecule has 1 fully saturated rings. The van der Waals surface area contributed by atoms with Crippen LogP contribution in [-0.4, -0.2) is 29.1 Å². The van der Waals surface area contributed by atoms with Gasteiger partial charge in [0.25, 0.3) is 5.91 Å². The Balaban J connectivity index is 1.96. The molecule has 0 bridgehead atoms. The number of carbonyl (C=O) groups excluding carboxylic acids is 2. The van der Waals surface area contributed by atoms with E-state index in [2.05, 4.69) is 10.6 Å². The quantitative estimate of drug-likeness (QED) is 0.782. The standard InChI is InChI=1S/C17H24N2O3/c1-2-18-16(21)13-7-6-8-14(11-13)19-15(20)12-17(22)9-4-3-5-10-17/h6-8,11,22H,2-5,9-10,12H2,1H3,(H,18,21)(H,19,20). The molecular weight excluding hydrogens is 280 g/mol. The van der Waals surface area contributed by atoms with Gasteiger partial charge in [0, 0.05) is 17.8 Å². The average molecular weight is 304 g/mol. The minimum Gasteiger partial charge on any atom is -0.389 e. The number of amides is 2. The van der Waals surface area contributed by atoms with Crippen molar-refractivity contribution < 1.29 is 14.7 Å². The van der Waals surface area contributed by atoms with E-state index in [9.17, 15) is 14.7 Å². The molecule has 0 heterocycles. The van der Waals surface area contributed by atoms with Gasteiger partial charge in [-0.3, -0.25) is 9.59 Å². The van der Waals surface area contributed by atoms with Gasteiger partial charge in [-0.05, 0) is 38.0 Å². The smallest absolute Gasteiger partial charge is 0.251 e. The summed E-state index contributed by atoms with van der Waals surface area (Å²) < 4.78 is 0. The molecule has 0 aliphatic heterocycles. The monoisotopic (exact) mass is 304 g/mol. The van der Waals surface area contributed by atoms with E-state index in [-0.39, 0.29) is 18.2 Å². The first kappa shape index (κ1) is 16.5. The lowest BCUT2D eigenvalue weighted by atomic mass is 9.82. The fraction of sp³-hybridized carbons (Fsp3) is 0.529. The molecule has 0 aromatic heterocycles. The number of aliphatic hydroxyl groups is 1. The van der Waals surface area contributed by atoms with Crippen LogP contribution in [0.4, 0.5) is 5.69 Å². The molecule has 1 aromatic rings. The number of benzene rings is 1. The fourth-order valence-corrected chi connectivity index (χ4v) is 2.89. The maximum Gasteiger partial charge on any atom is 0.251 e. The van der Waals surface area contributed by atoms with E-state index in [0.717, 1.165) is 19.3 Å². The van der Waals surface area contributed by atoms with E-state index in [0.29, 0.717) is 30.6 Å². The molecular formula is C17H24N2O3.